The maximum Gasteiger partial charge on any atom is 0.224 e. The third-order valence-electron chi connectivity index (χ3n) is 7.56. The van der Waals surface area contributed by atoms with Crippen LogP contribution in [0.5, 0.6) is 0 Å². The molecule has 7 N–H and O–H groups in total. The summed E-state index contributed by atoms with van der Waals surface area (Å²) in [5.74, 6) is 6.39. The lowest BCUT2D eigenvalue weighted by atomic mass is 9.99. The Morgan fingerprint density at radius 2 is 1.87 bits per heavy atom. The number of amides is 2. The zero-order valence-electron chi connectivity index (χ0n) is 25.7. The van der Waals surface area contributed by atoms with Crippen molar-refractivity contribution in [2.75, 3.05) is 18.4 Å². The molecule has 2 amide bonds. The topological polar surface area (TPSA) is 177 Å². The molecule has 0 unspecified atom stereocenters. The number of nitrogen functional groups attached to an aromatic ring is 1. The molecule has 0 saturated heterocycles. The molecular formula is C33H34ClN9O2S. The zero-order chi connectivity index (χ0) is 33.0. The zero-order valence-corrected chi connectivity index (χ0v) is 27.3. The Balaban J connectivity index is 1.26. The fourth-order valence-electron chi connectivity index (χ4n) is 5.19. The second kappa shape index (κ2) is 14.1. The molecule has 0 aliphatic carbocycles. The highest BCUT2D eigenvalue weighted by Gasteiger charge is 2.32. The first kappa shape index (κ1) is 32.6. The summed E-state index contributed by atoms with van der Waals surface area (Å²) >= 11 is 7.84. The normalized spacial score (nSPS) is 13.4. The number of carbonyl (C=O) groups is 2. The van der Waals surface area contributed by atoms with Crippen LogP contribution in [0.25, 0.3) is 5.00 Å². The Labute approximate surface area is 276 Å². The lowest BCUT2D eigenvalue weighted by Crippen LogP contribution is -2.27. The van der Waals surface area contributed by atoms with Crippen molar-refractivity contribution >= 4 is 52.0 Å². The van der Waals surface area contributed by atoms with E-state index in [0.29, 0.717) is 40.6 Å². The molecule has 2 aromatic carbocycles. The number of nitrogens with two attached hydrogens (primary N) is 2. The molecule has 5 rings (SSSR count). The van der Waals surface area contributed by atoms with Gasteiger partial charge in [0.25, 0.3) is 0 Å². The number of hydrogen-bond acceptors (Lipinski definition) is 8. The second-order valence-corrected chi connectivity index (χ2v) is 12.4. The fourth-order valence-corrected chi connectivity index (χ4v) is 6.53. The van der Waals surface area contributed by atoms with Gasteiger partial charge in [0.2, 0.25) is 11.8 Å². The Morgan fingerprint density at radius 3 is 2.59 bits per heavy atom. The third kappa shape index (κ3) is 7.02. The van der Waals surface area contributed by atoms with E-state index in [9.17, 15) is 9.59 Å². The smallest absolute Gasteiger partial charge is 0.224 e. The molecule has 1 atom stereocenters. The first-order valence-electron chi connectivity index (χ1n) is 14.7. The number of hydrogen-bond donors (Lipinski definition) is 5. The first-order chi connectivity index (χ1) is 22.1. The number of fused-ring (bicyclic) bond motifs is 3. The molecule has 46 heavy (non-hydrogen) atoms. The second-order valence-electron chi connectivity index (χ2n) is 10.8. The van der Waals surface area contributed by atoms with Crippen LogP contribution in [-0.4, -0.2) is 51.2 Å². The largest absolute Gasteiger partial charge is 0.384 e. The van der Waals surface area contributed by atoms with E-state index in [0.717, 1.165) is 33.2 Å². The van der Waals surface area contributed by atoms with Crippen LogP contribution in [0.15, 0.2) is 47.5 Å². The quantitative estimate of drug-likeness (QED) is 0.0776. The molecule has 1 aliphatic heterocycles. The summed E-state index contributed by atoms with van der Waals surface area (Å²) in [6.07, 6.45) is 0.675. The summed E-state index contributed by atoms with van der Waals surface area (Å²) in [5.41, 5.74) is 16.4. The highest BCUT2D eigenvalue weighted by molar-refractivity contribution is 7.15. The Hall–Kier alpha value is -4.83. The summed E-state index contributed by atoms with van der Waals surface area (Å²) in [7, 11) is 0. The van der Waals surface area contributed by atoms with Gasteiger partial charge in [-0.2, -0.15) is 0 Å². The highest BCUT2D eigenvalue weighted by atomic mass is 35.5. The number of halogens is 1. The van der Waals surface area contributed by atoms with E-state index in [1.807, 2.05) is 35.8 Å². The molecule has 0 saturated carbocycles. The SMILES string of the molecule is Cc1sc2c(c1C)C(c1ccc(Cl)cc1)=N[C@@H](CC(=O)NCCCC(=O)Nc1ccc(C(=N)N)c(C#CCN)c1)c1nnc(C)n1-2. The molecule has 0 bridgehead atoms. The summed E-state index contributed by atoms with van der Waals surface area (Å²) < 4.78 is 2.00. The number of aliphatic imine (C=N–C) groups is 1. The van der Waals surface area contributed by atoms with Crippen LogP contribution in [0.1, 0.15) is 69.6 Å². The van der Waals surface area contributed by atoms with E-state index >= 15 is 0 Å². The van der Waals surface area contributed by atoms with Gasteiger partial charge in [0.05, 0.1) is 18.7 Å². The summed E-state index contributed by atoms with van der Waals surface area (Å²) in [5, 5.41) is 23.9. The Bertz CT molecular complexity index is 1920. The number of benzene rings is 2. The molecule has 0 fully saturated rings. The maximum atomic E-state index is 13.2. The van der Waals surface area contributed by atoms with Crippen molar-refractivity contribution in [2.24, 2.45) is 16.5 Å². The van der Waals surface area contributed by atoms with Gasteiger partial charge in [-0.25, -0.2) is 0 Å². The lowest BCUT2D eigenvalue weighted by molar-refractivity contribution is -0.122. The maximum absolute atomic E-state index is 13.2. The van der Waals surface area contributed by atoms with Gasteiger partial charge < -0.3 is 22.1 Å². The number of carbonyl (C=O) groups excluding carboxylic acids is 2. The predicted octanol–water partition coefficient (Wildman–Crippen LogP) is 4.32. The molecular weight excluding hydrogens is 622 g/mol. The van der Waals surface area contributed by atoms with E-state index in [-0.39, 0.29) is 37.0 Å². The number of rotatable bonds is 9. The van der Waals surface area contributed by atoms with E-state index in [2.05, 4.69) is 46.5 Å². The third-order valence-corrected chi connectivity index (χ3v) is 9.00. The van der Waals surface area contributed by atoms with Gasteiger partial charge in [0, 0.05) is 50.8 Å². The van der Waals surface area contributed by atoms with Crippen LogP contribution in [0, 0.1) is 38.0 Å². The van der Waals surface area contributed by atoms with Crippen molar-refractivity contribution in [3.8, 4) is 16.8 Å². The minimum atomic E-state index is -0.580. The van der Waals surface area contributed by atoms with E-state index in [1.165, 1.54) is 4.88 Å². The van der Waals surface area contributed by atoms with E-state index in [4.69, 9.17) is 33.5 Å². The van der Waals surface area contributed by atoms with Crippen LogP contribution >= 0.6 is 22.9 Å². The lowest BCUT2D eigenvalue weighted by Gasteiger charge is -2.13. The molecule has 2 aromatic heterocycles. The average Bonchev–Trinajstić information content (AvgIpc) is 3.50. The van der Waals surface area contributed by atoms with E-state index < -0.39 is 6.04 Å². The number of aromatic nitrogens is 3. The fraction of sp³-hybridized carbons (Fsp3) is 0.273. The first-order valence-corrected chi connectivity index (χ1v) is 15.9. The Morgan fingerprint density at radius 1 is 1.11 bits per heavy atom. The number of aryl methyl sites for hydroxylation is 2. The molecule has 3 heterocycles. The van der Waals surface area contributed by atoms with Gasteiger partial charge in [-0.3, -0.25) is 24.6 Å². The molecule has 11 nitrogen and oxygen atoms in total. The molecule has 4 aromatic rings. The number of amidine groups is 1. The van der Waals surface area contributed by atoms with Gasteiger partial charge in [0.15, 0.2) is 5.82 Å². The highest BCUT2D eigenvalue weighted by Crippen LogP contribution is 2.39. The molecule has 1 aliphatic rings. The molecule has 0 radical (unpaired) electrons. The van der Waals surface area contributed by atoms with Gasteiger partial charge >= 0.3 is 0 Å². The van der Waals surface area contributed by atoms with Crippen LogP contribution in [0.3, 0.4) is 0 Å². The minimum Gasteiger partial charge on any atom is -0.384 e. The average molecular weight is 656 g/mol. The molecule has 0 spiro atoms. The summed E-state index contributed by atoms with van der Waals surface area (Å²) in [4.78, 5) is 32.1. The van der Waals surface area contributed by atoms with Gasteiger partial charge in [-0.15, -0.1) is 21.5 Å². The number of thiophene rings is 1. The van der Waals surface area contributed by atoms with Crippen LogP contribution in [-0.2, 0) is 9.59 Å². The van der Waals surface area contributed by atoms with Crippen LogP contribution < -0.4 is 22.1 Å². The van der Waals surface area contributed by atoms with Crippen molar-refractivity contribution in [3.63, 3.8) is 0 Å². The molecule has 236 valence electrons. The van der Waals surface area contributed by atoms with Crippen LogP contribution in [0.4, 0.5) is 5.69 Å². The van der Waals surface area contributed by atoms with Crippen molar-refractivity contribution in [1.82, 2.24) is 20.1 Å². The van der Waals surface area contributed by atoms with Gasteiger partial charge in [-0.05, 0) is 63.1 Å². The Kier molecular flexibility index (Phi) is 9.96. The summed E-state index contributed by atoms with van der Waals surface area (Å²) in [6.45, 7) is 6.52. The number of nitrogens with one attached hydrogen (secondary N) is 3. The number of nitrogens with zero attached hydrogens (tertiary/aromatic N) is 4. The van der Waals surface area contributed by atoms with Crippen molar-refractivity contribution < 1.29 is 9.59 Å². The number of anilines is 1. The standard InChI is InChI=1S/C33H34ClN9O2S/c1-18-19(2)46-33-29(18)30(21-8-10-23(34)11-9-21)40-26(32-42-41-20(3)43(32)33)17-28(45)38-15-5-7-27(44)39-24-12-13-25(31(36)37)22(16-24)6-4-14-35/h8-13,16,26H,5,7,14-15,17,35H2,1-3H3,(H3,36,37)(H,38,45)(H,39,44)/t26-/m0/s1. The van der Waals surface area contributed by atoms with E-state index in [1.54, 1.807) is 29.5 Å². The van der Waals surface area contributed by atoms with Crippen molar-refractivity contribution in [1.29, 1.82) is 5.41 Å². The van der Waals surface area contributed by atoms with Crippen LogP contribution in [0.2, 0.25) is 5.02 Å². The molecule has 13 heteroatoms. The predicted molar refractivity (Wildman–Crippen MR) is 182 cm³/mol. The van der Waals surface area contributed by atoms with Gasteiger partial charge in [0.1, 0.15) is 22.7 Å². The minimum absolute atomic E-state index is 0.0590. The summed E-state index contributed by atoms with van der Waals surface area (Å²) in [6, 6.07) is 11.9. The van der Waals surface area contributed by atoms with Gasteiger partial charge in [-0.1, -0.05) is 35.6 Å². The van der Waals surface area contributed by atoms with Crippen molar-refractivity contribution in [2.45, 2.75) is 46.1 Å². The van der Waals surface area contributed by atoms with Crippen molar-refractivity contribution in [3.05, 3.63) is 91.8 Å². The monoisotopic (exact) mass is 655 g/mol.